The van der Waals surface area contributed by atoms with Crippen molar-refractivity contribution in [2.45, 2.75) is 44.2 Å². The number of nitrogens with one attached hydrogen (secondary N) is 1. The van der Waals surface area contributed by atoms with Crippen LogP contribution in [-0.2, 0) is 4.74 Å². The number of H-pyrrole nitrogens is 1. The van der Waals surface area contributed by atoms with Crippen molar-refractivity contribution >= 4 is 5.97 Å². The lowest BCUT2D eigenvalue weighted by molar-refractivity contribution is 0.0445. The molecule has 2 aromatic rings. The van der Waals surface area contributed by atoms with E-state index >= 15 is 0 Å². The lowest BCUT2D eigenvalue weighted by atomic mass is 9.94. The number of benzene rings is 1. The number of ether oxygens (including phenoxy) is 3. The number of cyclic esters (lactones) is 1. The van der Waals surface area contributed by atoms with E-state index in [1.54, 1.807) is 12.1 Å². The van der Waals surface area contributed by atoms with Crippen molar-refractivity contribution in [3.8, 4) is 17.4 Å². The molecule has 154 valence electrons. The molecule has 1 aromatic carbocycles. The van der Waals surface area contributed by atoms with Crippen molar-refractivity contribution in [1.29, 1.82) is 0 Å². The van der Waals surface area contributed by atoms with E-state index in [4.69, 9.17) is 14.2 Å². The molecular weight excluding hydrogens is 380 g/mol. The Labute approximate surface area is 165 Å². The minimum Gasteiger partial charge on any atom is -0.494 e. The second-order valence-electron chi connectivity index (χ2n) is 7.21. The molecule has 0 bridgehead atoms. The maximum Gasteiger partial charge on any atom is 0.343 e. The lowest BCUT2D eigenvalue weighted by Gasteiger charge is -2.25. The third-order valence-corrected chi connectivity index (χ3v) is 5.64. The average Bonchev–Trinajstić information content (AvgIpc) is 3.04. The number of carbonyl (C=O) groups excluding carboxylic acids is 1. The van der Waals surface area contributed by atoms with Crippen LogP contribution < -0.4 is 20.7 Å². The smallest absolute Gasteiger partial charge is 0.343 e. The molecule has 4 rings (SSSR count). The van der Waals surface area contributed by atoms with Crippen molar-refractivity contribution < 1.29 is 24.1 Å². The number of hydrogen-bond acceptors (Lipinski definition) is 7. The highest BCUT2D eigenvalue weighted by Gasteiger charge is 2.40. The monoisotopic (exact) mass is 402 g/mol. The Morgan fingerprint density at radius 3 is 2.48 bits per heavy atom. The highest BCUT2D eigenvalue weighted by molar-refractivity contribution is 5.98. The third kappa shape index (κ3) is 2.97. The van der Waals surface area contributed by atoms with Gasteiger partial charge >= 0.3 is 11.7 Å². The molecule has 0 spiro atoms. The number of methoxy groups -OCH3 is 2. The van der Waals surface area contributed by atoms with Crippen LogP contribution in [0.4, 0.5) is 0 Å². The van der Waals surface area contributed by atoms with Crippen molar-refractivity contribution in [2.24, 2.45) is 0 Å². The highest BCUT2D eigenvalue weighted by atomic mass is 16.6. The molecule has 1 fully saturated rings. The quantitative estimate of drug-likeness (QED) is 0.751. The standard InChI is InChI=1S/C20H22N2O7/c1-27-12-9-8-11-13(16(12)28-2)19(25)29-15(11)14-17(23)21-20(26)22(18(14)24)10-6-4-3-5-7-10/h8-10,15,24H,3-7H2,1-2H3,(H,21,23,26)/t15-/m1/s1. The first-order chi connectivity index (χ1) is 14.0. The summed E-state index contributed by atoms with van der Waals surface area (Å²) in [4.78, 5) is 39.8. The fourth-order valence-corrected chi connectivity index (χ4v) is 4.28. The zero-order valence-electron chi connectivity index (χ0n) is 16.2. The molecule has 2 aliphatic rings. The van der Waals surface area contributed by atoms with Crippen LogP contribution in [0.1, 0.15) is 65.7 Å². The Hall–Kier alpha value is -3.23. The topological polar surface area (TPSA) is 120 Å². The Morgan fingerprint density at radius 1 is 1.10 bits per heavy atom. The van der Waals surface area contributed by atoms with Gasteiger partial charge in [-0.1, -0.05) is 25.3 Å². The molecule has 9 nitrogen and oxygen atoms in total. The zero-order valence-corrected chi connectivity index (χ0v) is 16.2. The number of aromatic amines is 1. The van der Waals surface area contributed by atoms with Crippen LogP contribution in [0.2, 0.25) is 0 Å². The van der Waals surface area contributed by atoms with Crippen LogP contribution in [0.3, 0.4) is 0 Å². The number of aromatic nitrogens is 2. The Morgan fingerprint density at radius 2 is 1.83 bits per heavy atom. The molecule has 29 heavy (non-hydrogen) atoms. The third-order valence-electron chi connectivity index (χ3n) is 5.64. The normalized spacial score (nSPS) is 19.0. The lowest BCUT2D eigenvalue weighted by Crippen LogP contribution is -2.36. The van der Waals surface area contributed by atoms with Gasteiger partial charge in [0.2, 0.25) is 5.88 Å². The number of hydrogen-bond donors (Lipinski definition) is 2. The van der Waals surface area contributed by atoms with Gasteiger partial charge in [-0.3, -0.25) is 14.3 Å². The summed E-state index contributed by atoms with van der Waals surface area (Å²) in [5.74, 6) is -0.635. The molecule has 2 N–H and O–H groups in total. The SMILES string of the molecule is COc1ccc2c(c1OC)C(=O)O[C@H]2c1c(O)n(C2CCCCC2)c(=O)[nH]c1=O. The first kappa shape index (κ1) is 19.1. The van der Waals surface area contributed by atoms with Crippen LogP contribution in [0.25, 0.3) is 0 Å². The second kappa shape index (κ2) is 7.31. The van der Waals surface area contributed by atoms with Gasteiger partial charge < -0.3 is 19.3 Å². The molecule has 1 aliphatic heterocycles. The summed E-state index contributed by atoms with van der Waals surface area (Å²) >= 11 is 0. The van der Waals surface area contributed by atoms with Crippen LogP contribution in [0.5, 0.6) is 17.4 Å². The largest absolute Gasteiger partial charge is 0.494 e. The predicted octanol–water partition coefficient (Wildman–Crippen LogP) is 2.02. The van der Waals surface area contributed by atoms with Gasteiger partial charge in [0.05, 0.1) is 14.2 Å². The van der Waals surface area contributed by atoms with Crippen LogP contribution in [0.15, 0.2) is 21.7 Å². The van der Waals surface area contributed by atoms with E-state index in [-0.39, 0.29) is 22.9 Å². The second-order valence-corrected chi connectivity index (χ2v) is 7.21. The van der Waals surface area contributed by atoms with Crippen molar-refractivity contribution in [3.63, 3.8) is 0 Å². The van der Waals surface area contributed by atoms with Crippen LogP contribution >= 0.6 is 0 Å². The van der Waals surface area contributed by atoms with Crippen LogP contribution in [0, 0.1) is 0 Å². The van der Waals surface area contributed by atoms with Gasteiger partial charge in [0.1, 0.15) is 11.1 Å². The van der Waals surface area contributed by atoms with E-state index < -0.39 is 29.2 Å². The Kier molecular flexibility index (Phi) is 4.81. The first-order valence-corrected chi connectivity index (χ1v) is 9.51. The van der Waals surface area contributed by atoms with Gasteiger partial charge in [-0.25, -0.2) is 9.59 Å². The summed E-state index contributed by atoms with van der Waals surface area (Å²) in [6, 6.07) is 2.96. The van der Waals surface area contributed by atoms with Gasteiger partial charge in [0.25, 0.3) is 5.56 Å². The van der Waals surface area contributed by atoms with E-state index in [9.17, 15) is 19.5 Å². The minimum absolute atomic E-state index is 0.131. The summed E-state index contributed by atoms with van der Waals surface area (Å²) in [5, 5.41) is 10.9. The van der Waals surface area contributed by atoms with Crippen LogP contribution in [-0.4, -0.2) is 34.8 Å². The van der Waals surface area contributed by atoms with Gasteiger partial charge in [0, 0.05) is 11.6 Å². The van der Waals surface area contributed by atoms with Gasteiger partial charge in [0.15, 0.2) is 17.6 Å². The van der Waals surface area contributed by atoms with E-state index in [2.05, 4.69) is 4.98 Å². The molecule has 0 saturated heterocycles. The van der Waals surface area contributed by atoms with Crippen molar-refractivity contribution in [3.05, 3.63) is 49.7 Å². The van der Waals surface area contributed by atoms with Crippen molar-refractivity contribution in [2.75, 3.05) is 14.2 Å². The van der Waals surface area contributed by atoms with E-state index in [0.717, 1.165) is 32.1 Å². The average molecular weight is 402 g/mol. The molecular formula is C20H22N2O7. The van der Waals surface area contributed by atoms with Gasteiger partial charge in [-0.2, -0.15) is 0 Å². The summed E-state index contributed by atoms with van der Waals surface area (Å²) in [5.41, 5.74) is -1.14. The molecule has 0 radical (unpaired) electrons. The minimum atomic E-state index is -1.16. The van der Waals surface area contributed by atoms with Gasteiger partial charge in [-0.05, 0) is 18.9 Å². The molecule has 0 unspecified atom stereocenters. The fourth-order valence-electron chi connectivity index (χ4n) is 4.28. The predicted molar refractivity (Wildman–Crippen MR) is 102 cm³/mol. The molecule has 1 aliphatic carbocycles. The number of aromatic hydroxyl groups is 1. The number of rotatable bonds is 4. The number of carbonyl (C=O) groups is 1. The van der Waals surface area contributed by atoms with E-state index in [1.165, 1.54) is 18.8 Å². The number of nitrogens with zero attached hydrogens (tertiary/aromatic N) is 1. The highest BCUT2D eigenvalue weighted by Crippen LogP contribution is 2.45. The maximum absolute atomic E-state index is 12.6. The fraction of sp³-hybridized carbons (Fsp3) is 0.450. The summed E-state index contributed by atoms with van der Waals surface area (Å²) in [6.07, 6.45) is 3.23. The number of fused-ring (bicyclic) bond motifs is 1. The summed E-state index contributed by atoms with van der Waals surface area (Å²) in [7, 11) is 2.84. The van der Waals surface area contributed by atoms with E-state index in [0.29, 0.717) is 11.3 Å². The first-order valence-electron chi connectivity index (χ1n) is 9.51. The zero-order chi connectivity index (χ0) is 20.7. The summed E-state index contributed by atoms with van der Waals surface area (Å²) < 4.78 is 17.2. The summed E-state index contributed by atoms with van der Waals surface area (Å²) in [6.45, 7) is 0. The number of esters is 1. The Balaban J connectivity index is 1.89. The van der Waals surface area contributed by atoms with E-state index in [1.807, 2.05) is 0 Å². The molecule has 0 amide bonds. The molecule has 9 heteroatoms. The molecule has 1 aromatic heterocycles. The Bertz CT molecular complexity index is 1080. The molecule has 1 atom stereocenters. The molecule has 1 saturated carbocycles. The molecule has 2 heterocycles. The van der Waals surface area contributed by atoms with Gasteiger partial charge in [-0.15, -0.1) is 0 Å². The van der Waals surface area contributed by atoms with Crippen molar-refractivity contribution in [1.82, 2.24) is 9.55 Å². The maximum atomic E-state index is 12.6.